The Bertz CT molecular complexity index is 936. The fourth-order valence-electron chi connectivity index (χ4n) is 2.79. The van der Waals surface area contributed by atoms with E-state index in [1.807, 2.05) is 45.2 Å². The van der Waals surface area contributed by atoms with Crippen LogP contribution in [0.3, 0.4) is 0 Å². The van der Waals surface area contributed by atoms with E-state index < -0.39 is 5.54 Å². The van der Waals surface area contributed by atoms with Crippen molar-refractivity contribution in [2.24, 2.45) is 5.73 Å². The van der Waals surface area contributed by atoms with Gasteiger partial charge in [0, 0.05) is 18.5 Å². The van der Waals surface area contributed by atoms with E-state index in [1.165, 1.54) is 5.56 Å². The minimum atomic E-state index is -0.639. The van der Waals surface area contributed by atoms with Crippen molar-refractivity contribution in [3.05, 3.63) is 58.8 Å². The molecule has 174 valence electrons. The number of hydrogen-bond donors (Lipinski definition) is 2. The molecule has 0 unspecified atom stereocenters. The molecule has 2 aromatic rings. The molecule has 3 N–H and O–H groups in total. The number of carbonyl (C=O) groups excluding carboxylic acids is 2. The number of likely N-dealkylation sites (N-methyl/N-ethyl adjacent to an activating group) is 1. The van der Waals surface area contributed by atoms with Crippen molar-refractivity contribution >= 4 is 12.6 Å². The van der Waals surface area contributed by atoms with Crippen LogP contribution in [0.4, 0.5) is 0 Å². The molecule has 0 radical (unpaired) electrons. The van der Waals surface area contributed by atoms with Crippen LogP contribution in [-0.2, 0) is 22.6 Å². The average Bonchev–Trinajstić information content (AvgIpc) is 3.15. The molecule has 0 saturated heterocycles. The van der Waals surface area contributed by atoms with Crippen LogP contribution in [0.25, 0.3) is 11.3 Å². The number of rotatable bonds is 10. The number of benzene rings is 1. The Morgan fingerprint density at radius 3 is 2.41 bits per heavy atom. The van der Waals surface area contributed by atoms with Gasteiger partial charge in [-0.2, -0.15) is 15.0 Å². The van der Waals surface area contributed by atoms with Crippen LogP contribution in [-0.4, -0.2) is 46.7 Å². The monoisotopic (exact) mass is 439 g/mol. The molecule has 2 rings (SSSR count). The Morgan fingerprint density at radius 2 is 1.88 bits per heavy atom. The van der Waals surface area contributed by atoms with Gasteiger partial charge < -0.3 is 15.8 Å². The number of carbonyl (C=O) groups is 2. The molecule has 0 aliphatic heterocycles. The molecular formula is C25H37N5O2. The minimum Gasteiger partial charge on any atom is -0.320 e. The van der Waals surface area contributed by atoms with E-state index in [0.717, 1.165) is 40.9 Å². The van der Waals surface area contributed by atoms with Gasteiger partial charge in [-0.15, -0.1) is 0 Å². The van der Waals surface area contributed by atoms with Gasteiger partial charge in [0.25, 0.3) is 0 Å². The number of allylic oxidation sites excluding steroid dienone is 4. The van der Waals surface area contributed by atoms with Gasteiger partial charge in [0.1, 0.15) is 18.3 Å². The van der Waals surface area contributed by atoms with Gasteiger partial charge in [0.2, 0.25) is 0 Å². The fraction of sp³-hybridized carbons (Fsp3) is 0.440. The molecule has 0 aliphatic carbocycles. The molecule has 0 bridgehead atoms. The zero-order valence-corrected chi connectivity index (χ0v) is 20.2. The van der Waals surface area contributed by atoms with Gasteiger partial charge in [-0.1, -0.05) is 42.0 Å². The van der Waals surface area contributed by atoms with Crippen LogP contribution >= 0.6 is 0 Å². The van der Waals surface area contributed by atoms with Crippen LogP contribution in [0.15, 0.2) is 47.6 Å². The van der Waals surface area contributed by atoms with Crippen LogP contribution in [0.5, 0.6) is 0 Å². The third-order valence-electron chi connectivity index (χ3n) is 4.69. The molecule has 0 atom stereocenters. The van der Waals surface area contributed by atoms with E-state index in [1.54, 1.807) is 18.6 Å². The van der Waals surface area contributed by atoms with Crippen molar-refractivity contribution in [3.8, 4) is 11.3 Å². The Labute approximate surface area is 191 Å². The quantitative estimate of drug-likeness (QED) is 0.334. The minimum absolute atomic E-state index is 0.620. The zero-order valence-electron chi connectivity index (χ0n) is 20.2. The lowest BCUT2D eigenvalue weighted by molar-refractivity contribution is -0.111. The van der Waals surface area contributed by atoms with Crippen LogP contribution in [0, 0.1) is 6.92 Å². The molecule has 0 fully saturated rings. The largest absolute Gasteiger partial charge is 0.320 e. The number of nitrogens with one attached hydrogen (secondary N) is 1. The molecule has 0 amide bonds. The molecule has 7 nitrogen and oxygen atoms in total. The fourth-order valence-corrected chi connectivity index (χ4v) is 2.79. The zero-order chi connectivity index (χ0) is 24.1. The maximum atomic E-state index is 11.5. The van der Waals surface area contributed by atoms with E-state index in [2.05, 4.69) is 24.4 Å². The van der Waals surface area contributed by atoms with Gasteiger partial charge in [-0.05, 0) is 59.2 Å². The Morgan fingerprint density at radius 1 is 1.22 bits per heavy atom. The Kier molecular flexibility index (Phi) is 11.4. The Hall–Kier alpha value is -2.90. The summed E-state index contributed by atoms with van der Waals surface area (Å²) in [7, 11) is 1.91. The summed E-state index contributed by atoms with van der Waals surface area (Å²) in [5, 5.41) is 12.5. The van der Waals surface area contributed by atoms with Crippen LogP contribution in [0.2, 0.25) is 0 Å². The van der Waals surface area contributed by atoms with Gasteiger partial charge in [0.15, 0.2) is 0 Å². The van der Waals surface area contributed by atoms with E-state index >= 15 is 0 Å². The maximum Gasteiger partial charge on any atom is 0.146 e. The predicted octanol–water partition coefficient (Wildman–Crippen LogP) is 3.42. The molecule has 7 heteroatoms. The highest BCUT2D eigenvalue weighted by molar-refractivity contribution is 5.75. The predicted molar refractivity (Wildman–Crippen MR) is 130 cm³/mol. The summed E-state index contributed by atoms with van der Waals surface area (Å²) in [6.07, 6.45) is 6.90. The summed E-state index contributed by atoms with van der Waals surface area (Å²) in [6.45, 7) is 10.9. The molecule has 1 aromatic heterocycles. The molecule has 1 aromatic carbocycles. The highest BCUT2D eigenvalue weighted by atomic mass is 16.1. The molecule has 0 saturated carbocycles. The standard InChI is InChI=1S/C21H28N4O.C4H9NO/c1-5-6-10-18(15-26)17(3)14-20-21(19-11-8-7-9-16(19)2)24-25(23-20)13-12-22-4;1-4(2,5)3-6/h5-9,11,15,22H,10,12-14H2,1-4H3;3H,5H2,1-2H3/b6-5-,18-17-;. The SMILES string of the molecule is C/C=C\C/C(C=O)=C(\C)Cc1nn(CCNC)nc1-c1ccccc1C.CC(C)(N)C=O. The molecule has 0 spiro atoms. The summed E-state index contributed by atoms with van der Waals surface area (Å²) in [5.74, 6) is 0. The normalized spacial score (nSPS) is 12.2. The van der Waals surface area contributed by atoms with Crippen LogP contribution in [0.1, 0.15) is 45.4 Å². The van der Waals surface area contributed by atoms with E-state index in [-0.39, 0.29) is 0 Å². The lowest BCUT2D eigenvalue weighted by Crippen LogP contribution is -2.33. The number of aromatic nitrogens is 3. The lowest BCUT2D eigenvalue weighted by Gasteiger charge is -2.06. The highest BCUT2D eigenvalue weighted by Gasteiger charge is 2.16. The van der Waals surface area contributed by atoms with Crippen molar-refractivity contribution in [1.29, 1.82) is 0 Å². The lowest BCUT2D eigenvalue weighted by atomic mass is 9.98. The van der Waals surface area contributed by atoms with Crippen molar-refractivity contribution in [3.63, 3.8) is 0 Å². The summed E-state index contributed by atoms with van der Waals surface area (Å²) in [6, 6.07) is 8.20. The van der Waals surface area contributed by atoms with Crippen molar-refractivity contribution in [2.75, 3.05) is 13.6 Å². The smallest absolute Gasteiger partial charge is 0.146 e. The average molecular weight is 440 g/mol. The maximum absolute atomic E-state index is 11.5. The Balaban J connectivity index is 0.000000751. The second-order valence-electron chi connectivity index (χ2n) is 8.32. The van der Waals surface area contributed by atoms with Gasteiger partial charge in [-0.25, -0.2) is 0 Å². The first-order valence-corrected chi connectivity index (χ1v) is 10.8. The van der Waals surface area contributed by atoms with Crippen molar-refractivity contribution in [1.82, 2.24) is 20.3 Å². The summed E-state index contributed by atoms with van der Waals surface area (Å²) in [4.78, 5) is 22.9. The third kappa shape index (κ3) is 9.08. The second kappa shape index (κ2) is 13.5. The number of aryl methyl sites for hydroxylation is 1. The molecule has 1 heterocycles. The van der Waals surface area contributed by atoms with Gasteiger partial charge >= 0.3 is 0 Å². The first kappa shape index (κ1) is 27.1. The summed E-state index contributed by atoms with van der Waals surface area (Å²) in [5.41, 5.74) is 10.4. The first-order chi connectivity index (χ1) is 15.2. The first-order valence-electron chi connectivity index (χ1n) is 10.8. The summed E-state index contributed by atoms with van der Waals surface area (Å²) >= 11 is 0. The van der Waals surface area contributed by atoms with Gasteiger partial charge in [-0.3, -0.25) is 4.79 Å². The summed E-state index contributed by atoms with van der Waals surface area (Å²) < 4.78 is 0. The number of nitrogens with two attached hydrogens (primary N) is 1. The molecule has 0 aliphatic rings. The number of aldehydes is 2. The highest BCUT2D eigenvalue weighted by Crippen LogP contribution is 2.26. The number of nitrogens with zero attached hydrogens (tertiary/aromatic N) is 3. The molecular weight excluding hydrogens is 402 g/mol. The van der Waals surface area contributed by atoms with E-state index in [4.69, 9.17) is 15.9 Å². The second-order valence-corrected chi connectivity index (χ2v) is 8.32. The van der Waals surface area contributed by atoms with Crippen LogP contribution < -0.4 is 11.1 Å². The van der Waals surface area contributed by atoms with E-state index in [0.29, 0.717) is 25.7 Å². The van der Waals surface area contributed by atoms with E-state index in [9.17, 15) is 9.59 Å². The number of hydrogen-bond acceptors (Lipinski definition) is 6. The topological polar surface area (TPSA) is 103 Å². The van der Waals surface area contributed by atoms with Crippen molar-refractivity contribution < 1.29 is 9.59 Å². The van der Waals surface area contributed by atoms with Gasteiger partial charge in [0.05, 0.1) is 17.8 Å². The third-order valence-corrected chi connectivity index (χ3v) is 4.69. The van der Waals surface area contributed by atoms with Crippen molar-refractivity contribution in [2.45, 2.75) is 59.5 Å². The molecule has 32 heavy (non-hydrogen) atoms.